The SMILES string of the molecule is Cn1c(=O)c(C(=O)CC(N)c2c(O)ccc3ccccc23)c(O)c2ccccc21. The molecule has 0 saturated carbocycles. The molecule has 0 bridgehead atoms. The van der Waals surface area contributed by atoms with Crippen LogP contribution in [0.2, 0.25) is 0 Å². The normalized spacial score (nSPS) is 12.3. The maximum absolute atomic E-state index is 13.0. The first kappa shape index (κ1) is 18.7. The van der Waals surface area contributed by atoms with Crippen LogP contribution in [0.25, 0.3) is 21.7 Å². The Morgan fingerprint density at radius 2 is 1.66 bits per heavy atom. The lowest BCUT2D eigenvalue weighted by atomic mass is 9.93. The van der Waals surface area contributed by atoms with Gasteiger partial charge in [-0.05, 0) is 29.0 Å². The van der Waals surface area contributed by atoms with Gasteiger partial charge in [0.15, 0.2) is 5.78 Å². The number of nitrogens with zero attached hydrogens (tertiary/aromatic N) is 1. The van der Waals surface area contributed by atoms with Gasteiger partial charge in [-0.2, -0.15) is 0 Å². The molecule has 6 nitrogen and oxygen atoms in total. The molecule has 0 fully saturated rings. The van der Waals surface area contributed by atoms with Gasteiger partial charge in [0.25, 0.3) is 5.56 Å². The number of hydrogen-bond acceptors (Lipinski definition) is 5. The van der Waals surface area contributed by atoms with Crippen molar-refractivity contribution in [2.75, 3.05) is 0 Å². The summed E-state index contributed by atoms with van der Waals surface area (Å²) in [5.74, 6) is -0.934. The van der Waals surface area contributed by atoms with Gasteiger partial charge in [-0.25, -0.2) is 0 Å². The highest BCUT2D eigenvalue weighted by atomic mass is 16.3. The van der Waals surface area contributed by atoms with Crippen molar-refractivity contribution < 1.29 is 15.0 Å². The second-order valence-corrected chi connectivity index (χ2v) is 7.06. The fourth-order valence-corrected chi connectivity index (χ4v) is 3.81. The molecule has 4 aromatic rings. The predicted molar refractivity (Wildman–Crippen MR) is 112 cm³/mol. The van der Waals surface area contributed by atoms with E-state index in [-0.39, 0.29) is 23.5 Å². The monoisotopic (exact) mass is 388 g/mol. The molecule has 3 aromatic carbocycles. The lowest BCUT2D eigenvalue weighted by molar-refractivity contribution is 0.0970. The van der Waals surface area contributed by atoms with E-state index in [1.54, 1.807) is 37.4 Å². The van der Waals surface area contributed by atoms with Gasteiger partial charge in [0, 0.05) is 30.5 Å². The number of carbonyl (C=O) groups is 1. The largest absolute Gasteiger partial charge is 0.508 e. The standard InChI is InChI=1S/C23H20N2O4/c1-25-17-9-5-4-8-15(17)22(28)21(23(25)29)19(27)12-16(24)20-14-7-3-2-6-13(14)10-11-18(20)26/h2-11,16,26,28H,12,24H2,1H3. The maximum Gasteiger partial charge on any atom is 0.265 e. The fraction of sp³-hybridized carbons (Fsp3) is 0.130. The minimum Gasteiger partial charge on any atom is -0.508 e. The number of aryl methyl sites for hydroxylation is 1. The Hall–Kier alpha value is -3.64. The Balaban J connectivity index is 1.78. The van der Waals surface area contributed by atoms with Crippen LogP contribution in [0.3, 0.4) is 0 Å². The van der Waals surface area contributed by atoms with Crippen molar-refractivity contribution in [2.45, 2.75) is 12.5 Å². The molecule has 1 atom stereocenters. The maximum atomic E-state index is 13.0. The first-order valence-electron chi connectivity index (χ1n) is 9.20. The predicted octanol–water partition coefficient (Wildman–Crippen LogP) is 3.38. The van der Waals surface area contributed by atoms with Crippen molar-refractivity contribution in [3.63, 3.8) is 0 Å². The molecule has 1 unspecified atom stereocenters. The summed E-state index contributed by atoms with van der Waals surface area (Å²) >= 11 is 0. The number of para-hydroxylation sites is 1. The molecular weight excluding hydrogens is 368 g/mol. The van der Waals surface area contributed by atoms with Crippen LogP contribution in [-0.4, -0.2) is 20.6 Å². The van der Waals surface area contributed by atoms with Crippen molar-refractivity contribution in [1.82, 2.24) is 4.57 Å². The van der Waals surface area contributed by atoms with Gasteiger partial charge < -0.3 is 20.5 Å². The van der Waals surface area contributed by atoms with E-state index < -0.39 is 17.4 Å². The summed E-state index contributed by atoms with van der Waals surface area (Å²) in [6.45, 7) is 0. The molecule has 1 heterocycles. The lowest BCUT2D eigenvalue weighted by Gasteiger charge is -2.17. The number of aromatic hydroxyl groups is 2. The van der Waals surface area contributed by atoms with E-state index in [9.17, 15) is 19.8 Å². The van der Waals surface area contributed by atoms with Gasteiger partial charge in [0.05, 0.1) is 5.52 Å². The van der Waals surface area contributed by atoms with E-state index in [1.807, 2.05) is 24.3 Å². The second kappa shape index (κ2) is 7.07. The third-order valence-corrected chi connectivity index (χ3v) is 5.28. The number of ketones is 1. The molecule has 1 aromatic heterocycles. The average Bonchev–Trinajstić information content (AvgIpc) is 2.72. The van der Waals surface area contributed by atoms with Gasteiger partial charge in [-0.15, -0.1) is 0 Å². The van der Waals surface area contributed by atoms with Crippen LogP contribution in [0.4, 0.5) is 0 Å². The number of phenols is 1. The van der Waals surface area contributed by atoms with Crippen LogP contribution in [0.1, 0.15) is 28.4 Å². The van der Waals surface area contributed by atoms with Gasteiger partial charge in [-0.1, -0.05) is 42.5 Å². The zero-order valence-corrected chi connectivity index (χ0v) is 15.8. The summed E-state index contributed by atoms with van der Waals surface area (Å²) in [5, 5.41) is 23.0. The fourth-order valence-electron chi connectivity index (χ4n) is 3.81. The second-order valence-electron chi connectivity index (χ2n) is 7.06. The number of pyridine rings is 1. The Kier molecular flexibility index (Phi) is 4.56. The number of benzene rings is 3. The topological polar surface area (TPSA) is 106 Å². The van der Waals surface area contributed by atoms with Crippen LogP contribution >= 0.6 is 0 Å². The number of nitrogens with two attached hydrogens (primary N) is 1. The molecule has 4 N–H and O–H groups in total. The number of rotatable bonds is 4. The number of fused-ring (bicyclic) bond motifs is 2. The van der Waals surface area contributed by atoms with Crippen molar-refractivity contribution >= 4 is 27.5 Å². The summed E-state index contributed by atoms with van der Waals surface area (Å²) in [7, 11) is 1.55. The molecule has 4 rings (SSSR count). The summed E-state index contributed by atoms with van der Waals surface area (Å²) < 4.78 is 1.34. The van der Waals surface area contributed by atoms with Crippen molar-refractivity contribution in [3.8, 4) is 11.5 Å². The molecule has 0 aliphatic carbocycles. The lowest BCUT2D eigenvalue weighted by Crippen LogP contribution is -2.27. The molecule has 29 heavy (non-hydrogen) atoms. The zero-order chi connectivity index (χ0) is 20.7. The molecule has 6 heteroatoms. The van der Waals surface area contributed by atoms with E-state index in [2.05, 4.69) is 0 Å². The highest BCUT2D eigenvalue weighted by Gasteiger charge is 2.25. The van der Waals surface area contributed by atoms with Crippen LogP contribution in [0.15, 0.2) is 65.5 Å². The molecular formula is C23H20N2O4. The molecule has 0 saturated heterocycles. The number of phenolic OH excluding ortho intramolecular Hbond substituents is 1. The zero-order valence-electron chi connectivity index (χ0n) is 15.8. The average molecular weight is 388 g/mol. The number of Topliss-reactive ketones (excluding diaryl/α,β-unsaturated/α-hetero) is 1. The number of hydrogen-bond donors (Lipinski definition) is 3. The highest BCUT2D eigenvalue weighted by Crippen LogP contribution is 2.34. The molecule has 0 aliphatic rings. The van der Waals surface area contributed by atoms with E-state index in [0.717, 1.165) is 10.8 Å². The molecule has 0 spiro atoms. The number of aromatic nitrogens is 1. The Morgan fingerprint density at radius 1 is 1.00 bits per heavy atom. The molecule has 146 valence electrons. The Bertz CT molecular complexity index is 1320. The summed E-state index contributed by atoms with van der Waals surface area (Å²) in [6, 6.07) is 16.7. The quantitative estimate of drug-likeness (QED) is 0.465. The minimum atomic E-state index is -0.843. The molecule has 0 radical (unpaired) electrons. The van der Waals surface area contributed by atoms with Gasteiger partial charge in [0.1, 0.15) is 17.1 Å². The van der Waals surface area contributed by atoms with E-state index >= 15 is 0 Å². The third-order valence-electron chi connectivity index (χ3n) is 5.28. The van der Waals surface area contributed by atoms with Crippen LogP contribution < -0.4 is 11.3 Å². The van der Waals surface area contributed by atoms with E-state index in [4.69, 9.17) is 5.73 Å². The van der Waals surface area contributed by atoms with Crippen molar-refractivity contribution in [2.24, 2.45) is 12.8 Å². The van der Waals surface area contributed by atoms with E-state index in [0.29, 0.717) is 16.5 Å². The van der Waals surface area contributed by atoms with Crippen LogP contribution in [0, 0.1) is 0 Å². The Morgan fingerprint density at radius 3 is 2.41 bits per heavy atom. The molecule has 0 amide bonds. The first-order valence-corrected chi connectivity index (χ1v) is 9.20. The van der Waals surface area contributed by atoms with Crippen molar-refractivity contribution in [3.05, 3.63) is 82.1 Å². The van der Waals surface area contributed by atoms with Gasteiger partial charge in [0.2, 0.25) is 0 Å². The summed E-state index contributed by atoms with van der Waals surface area (Å²) in [4.78, 5) is 25.7. The van der Waals surface area contributed by atoms with Gasteiger partial charge >= 0.3 is 0 Å². The first-order chi connectivity index (χ1) is 13.9. The molecule has 0 aliphatic heterocycles. The number of carbonyl (C=O) groups excluding carboxylic acids is 1. The van der Waals surface area contributed by atoms with E-state index in [1.165, 1.54) is 10.6 Å². The summed E-state index contributed by atoms with van der Waals surface area (Å²) in [5.41, 5.74) is 6.38. The highest BCUT2D eigenvalue weighted by molar-refractivity contribution is 6.04. The third kappa shape index (κ3) is 3.03. The summed E-state index contributed by atoms with van der Waals surface area (Å²) in [6.07, 6.45) is -0.233. The van der Waals surface area contributed by atoms with Crippen LogP contribution in [0.5, 0.6) is 11.5 Å². The van der Waals surface area contributed by atoms with Crippen molar-refractivity contribution in [1.29, 1.82) is 0 Å². The Labute approximate surface area is 166 Å². The minimum absolute atomic E-state index is 0.0142. The van der Waals surface area contributed by atoms with Gasteiger partial charge in [-0.3, -0.25) is 9.59 Å². The van der Waals surface area contributed by atoms with Crippen LogP contribution in [-0.2, 0) is 7.05 Å². The smallest absolute Gasteiger partial charge is 0.265 e.